The molecule has 0 aromatic heterocycles. The predicted molar refractivity (Wildman–Crippen MR) is 116 cm³/mol. The summed E-state index contributed by atoms with van der Waals surface area (Å²) in [4.78, 5) is 18.6. The van der Waals surface area contributed by atoms with Gasteiger partial charge in [0, 0.05) is 38.9 Å². The first-order valence-corrected chi connectivity index (χ1v) is 9.87. The molecule has 3 rings (SSSR count). The van der Waals surface area contributed by atoms with Crippen molar-refractivity contribution in [2.24, 2.45) is 0 Å². The van der Waals surface area contributed by atoms with Gasteiger partial charge in [-0.1, -0.05) is 26.0 Å². The Morgan fingerprint density at radius 2 is 1.82 bits per heavy atom. The fraction of sp³-hybridized carbons (Fsp3) is 0.435. The van der Waals surface area contributed by atoms with Crippen LogP contribution in [0.4, 0.5) is 15.8 Å². The van der Waals surface area contributed by atoms with Crippen molar-refractivity contribution < 1.29 is 10.6 Å². The highest BCUT2D eigenvalue weighted by Crippen LogP contribution is 2.29. The summed E-state index contributed by atoms with van der Waals surface area (Å²) in [5, 5.41) is 0. The van der Waals surface area contributed by atoms with Gasteiger partial charge < -0.3 is 14.7 Å². The summed E-state index contributed by atoms with van der Waals surface area (Å²) in [6, 6.07) is 13.1. The highest BCUT2D eigenvalue weighted by Gasteiger charge is 2.26. The van der Waals surface area contributed by atoms with Crippen molar-refractivity contribution in [3.63, 3.8) is 0 Å². The topological polar surface area (TPSA) is 26.8 Å². The van der Waals surface area contributed by atoms with Crippen LogP contribution in [-0.4, -0.2) is 51.1 Å². The van der Waals surface area contributed by atoms with E-state index >= 15 is 0 Å². The molecule has 5 heteroatoms. The first-order chi connectivity index (χ1) is 13.3. The highest BCUT2D eigenvalue weighted by atomic mass is 19.1. The lowest BCUT2D eigenvalue weighted by atomic mass is 10.0. The maximum Gasteiger partial charge on any atom is 0.258 e. The summed E-state index contributed by atoms with van der Waals surface area (Å²) in [6.07, 6.45) is 1.03. The Kier molecular flexibility index (Phi) is 6.04. The fourth-order valence-electron chi connectivity index (χ4n) is 3.66. The third-order valence-corrected chi connectivity index (χ3v) is 5.68. The molecule has 0 saturated carbocycles. The largest absolute Gasteiger partial charge is 0.368 e. The van der Waals surface area contributed by atoms with Crippen LogP contribution in [0.3, 0.4) is 0 Å². The van der Waals surface area contributed by atoms with Gasteiger partial charge in [0.15, 0.2) is 0 Å². The Morgan fingerprint density at radius 1 is 1.14 bits per heavy atom. The molecule has 0 aliphatic carbocycles. The van der Waals surface area contributed by atoms with Crippen molar-refractivity contribution in [1.82, 2.24) is 4.90 Å². The number of carbonyl (C=O) groups excluding carboxylic acids is 1. The van der Waals surface area contributed by atoms with Crippen molar-refractivity contribution in [3.8, 4) is 0 Å². The second kappa shape index (κ2) is 8.31. The third kappa shape index (κ3) is 4.20. The number of benzene rings is 2. The monoisotopic (exact) mass is 385 g/mol. The predicted octanol–water partition coefficient (Wildman–Crippen LogP) is 4.61. The Hall–Kier alpha value is -2.40. The second-order valence-corrected chi connectivity index (χ2v) is 8.13. The number of nitrogens with zero attached hydrogens (tertiary/aromatic N) is 3. The quantitative estimate of drug-likeness (QED) is 0.752. The van der Waals surface area contributed by atoms with Gasteiger partial charge in [-0.05, 0) is 62.3 Å². The number of halogens is 1. The highest BCUT2D eigenvalue weighted by molar-refractivity contribution is 6.05. The number of hydrogen-bond acceptors (Lipinski definition) is 3. The Morgan fingerprint density at radius 3 is 2.36 bits per heavy atom. The third-order valence-electron chi connectivity index (χ3n) is 5.68. The lowest BCUT2D eigenvalue weighted by Crippen LogP contribution is -2.31. The van der Waals surface area contributed by atoms with Gasteiger partial charge in [0.1, 0.15) is 5.82 Å². The van der Waals surface area contributed by atoms with Gasteiger partial charge in [0.2, 0.25) is 0 Å². The van der Waals surface area contributed by atoms with Crippen LogP contribution in [0, 0.1) is 5.82 Å². The molecule has 1 atom stereocenters. The van der Waals surface area contributed by atoms with Crippen LogP contribution in [-0.2, 0) is 0 Å². The summed E-state index contributed by atoms with van der Waals surface area (Å²) < 4.78 is 14.8. The number of hydrogen-bond donors (Lipinski definition) is 0. The van der Waals surface area contributed by atoms with Gasteiger partial charge >= 0.3 is 0 Å². The minimum atomic E-state index is -0.285. The van der Waals surface area contributed by atoms with E-state index in [0.717, 1.165) is 19.5 Å². The van der Waals surface area contributed by atoms with Crippen molar-refractivity contribution in [2.45, 2.75) is 32.2 Å². The smallest absolute Gasteiger partial charge is 0.258 e. The van der Waals surface area contributed by atoms with E-state index in [0.29, 0.717) is 28.9 Å². The molecule has 1 saturated heterocycles. The van der Waals surface area contributed by atoms with Crippen LogP contribution < -0.4 is 9.80 Å². The number of amides is 1. The molecule has 152 valence electrons. The molecule has 28 heavy (non-hydrogen) atoms. The molecule has 1 aliphatic rings. The minimum absolute atomic E-state index is 0. The number of likely N-dealkylation sites (N-methyl/N-ethyl adjacent to an activating group) is 1. The molecule has 0 radical (unpaired) electrons. The van der Waals surface area contributed by atoms with E-state index in [9.17, 15) is 9.18 Å². The summed E-state index contributed by atoms with van der Waals surface area (Å²) in [5.41, 5.74) is 2.96. The number of anilines is 2. The van der Waals surface area contributed by atoms with Crippen molar-refractivity contribution in [2.75, 3.05) is 44.0 Å². The molecule has 1 fully saturated rings. The van der Waals surface area contributed by atoms with E-state index in [-0.39, 0.29) is 13.2 Å². The van der Waals surface area contributed by atoms with E-state index in [1.54, 1.807) is 13.1 Å². The van der Waals surface area contributed by atoms with Gasteiger partial charge in [0.05, 0.1) is 5.69 Å². The normalized spacial score (nSPS) is 16.9. The molecule has 1 unspecified atom stereocenters. The van der Waals surface area contributed by atoms with Crippen LogP contribution in [0.1, 0.15) is 43.5 Å². The van der Waals surface area contributed by atoms with Gasteiger partial charge in [-0.2, -0.15) is 0 Å². The second-order valence-electron chi connectivity index (χ2n) is 8.13. The standard InChI is InChI=1S/C23H30FN3O.H2/c1-16(2)17-6-8-18(9-7-17)23(28)26(5)19-10-11-22(21(24)14-19)27-13-12-20(15-27)25(3)4;/h6-11,14,16,20H,12-13,15H2,1-5H3;1H. The van der Waals surface area contributed by atoms with Crippen LogP contribution in [0.25, 0.3) is 0 Å². The summed E-state index contributed by atoms with van der Waals surface area (Å²) in [7, 11) is 5.80. The zero-order valence-electron chi connectivity index (χ0n) is 17.4. The Balaban J connectivity index is 0.00000300. The van der Waals surface area contributed by atoms with Crippen LogP contribution in [0.15, 0.2) is 42.5 Å². The van der Waals surface area contributed by atoms with Crippen LogP contribution in [0.5, 0.6) is 0 Å². The van der Waals surface area contributed by atoms with E-state index < -0.39 is 0 Å². The minimum Gasteiger partial charge on any atom is -0.368 e. The SMILES string of the molecule is CC(C)c1ccc(C(=O)N(C)c2ccc(N3CCC(N(C)C)C3)c(F)c2)cc1.[HH]. The number of rotatable bonds is 5. The molecule has 1 heterocycles. The zero-order chi connectivity index (χ0) is 20.4. The molecule has 1 aliphatic heterocycles. The Bertz CT molecular complexity index is 839. The van der Waals surface area contributed by atoms with E-state index in [2.05, 4.69) is 37.7 Å². The molecule has 0 N–H and O–H groups in total. The van der Waals surface area contributed by atoms with E-state index in [4.69, 9.17) is 0 Å². The molecule has 0 bridgehead atoms. The molecule has 2 aromatic carbocycles. The van der Waals surface area contributed by atoms with Gasteiger partial charge in [-0.3, -0.25) is 4.79 Å². The molecule has 2 aromatic rings. The first-order valence-electron chi connectivity index (χ1n) is 9.87. The van der Waals surface area contributed by atoms with Crippen molar-refractivity contribution in [3.05, 3.63) is 59.4 Å². The van der Waals surface area contributed by atoms with Crippen LogP contribution in [0.2, 0.25) is 0 Å². The summed E-state index contributed by atoms with van der Waals surface area (Å²) in [6.45, 7) is 5.90. The van der Waals surface area contributed by atoms with Crippen molar-refractivity contribution in [1.29, 1.82) is 0 Å². The average molecular weight is 386 g/mol. The van der Waals surface area contributed by atoms with E-state index in [1.165, 1.54) is 16.5 Å². The molecular formula is C23H32FN3O. The van der Waals surface area contributed by atoms with E-state index in [1.807, 2.05) is 30.3 Å². The van der Waals surface area contributed by atoms with Gasteiger partial charge in [-0.15, -0.1) is 0 Å². The maximum atomic E-state index is 14.8. The maximum absolute atomic E-state index is 14.8. The summed E-state index contributed by atoms with van der Waals surface area (Å²) >= 11 is 0. The molecule has 1 amide bonds. The van der Waals surface area contributed by atoms with Crippen molar-refractivity contribution >= 4 is 17.3 Å². The van der Waals surface area contributed by atoms with Gasteiger partial charge in [0.25, 0.3) is 5.91 Å². The van der Waals surface area contributed by atoms with Crippen LogP contribution >= 0.6 is 0 Å². The fourth-order valence-corrected chi connectivity index (χ4v) is 3.66. The molecule has 0 spiro atoms. The Labute approximate surface area is 169 Å². The zero-order valence-corrected chi connectivity index (χ0v) is 17.4. The first kappa shape index (κ1) is 20.3. The average Bonchev–Trinajstić information content (AvgIpc) is 3.17. The summed E-state index contributed by atoms with van der Waals surface area (Å²) in [5.74, 6) is -0.00999. The lowest BCUT2D eigenvalue weighted by molar-refractivity contribution is 0.0993. The molecular weight excluding hydrogens is 353 g/mol. The lowest BCUT2D eigenvalue weighted by Gasteiger charge is -2.24. The molecule has 4 nitrogen and oxygen atoms in total. The van der Waals surface area contributed by atoms with Gasteiger partial charge in [-0.25, -0.2) is 4.39 Å². The number of carbonyl (C=O) groups is 1.